The Bertz CT molecular complexity index is 597. The summed E-state index contributed by atoms with van der Waals surface area (Å²) in [7, 11) is 1.29. The first-order valence-electron chi connectivity index (χ1n) is 6.89. The van der Waals surface area contributed by atoms with Gasteiger partial charge in [-0.2, -0.15) is 0 Å². The first-order valence-corrected chi connectivity index (χ1v) is 6.89. The summed E-state index contributed by atoms with van der Waals surface area (Å²) in [5.41, 5.74) is 1.70. The third-order valence-electron chi connectivity index (χ3n) is 3.65. The van der Waals surface area contributed by atoms with Crippen molar-refractivity contribution in [2.45, 2.75) is 39.7 Å². The number of ether oxygens (including phenoxy) is 2. The van der Waals surface area contributed by atoms with Gasteiger partial charge in [-0.1, -0.05) is 0 Å². The van der Waals surface area contributed by atoms with E-state index in [1.165, 1.54) is 14.0 Å². The summed E-state index contributed by atoms with van der Waals surface area (Å²) in [5, 5.41) is 0. The van der Waals surface area contributed by atoms with Gasteiger partial charge in [-0.05, 0) is 39.2 Å². The van der Waals surface area contributed by atoms with Gasteiger partial charge in [-0.25, -0.2) is 4.79 Å². The first-order chi connectivity index (χ1) is 9.86. The topological polar surface area (TPSA) is 85.5 Å². The van der Waals surface area contributed by atoms with Gasteiger partial charge in [0.05, 0.1) is 24.3 Å². The van der Waals surface area contributed by atoms with Crippen LogP contribution < -0.4 is 0 Å². The molecule has 0 spiro atoms. The Hall–Kier alpha value is -2.11. The Morgan fingerprint density at radius 3 is 2.38 bits per heavy atom. The smallest absolute Gasteiger partial charge is 0.339 e. The quantitative estimate of drug-likeness (QED) is 0.662. The predicted molar refractivity (Wildman–Crippen MR) is 74.2 cm³/mol. The summed E-state index contributed by atoms with van der Waals surface area (Å²) < 4.78 is 9.86. The highest BCUT2D eigenvalue weighted by Crippen LogP contribution is 2.31. The van der Waals surface area contributed by atoms with E-state index in [1.807, 2.05) is 0 Å². The number of carbonyl (C=O) groups excluding carboxylic acids is 3. The van der Waals surface area contributed by atoms with Gasteiger partial charge < -0.3 is 14.5 Å². The average Bonchev–Trinajstić information content (AvgIpc) is 3.24. The lowest BCUT2D eigenvalue weighted by Crippen LogP contribution is -2.26. The van der Waals surface area contributed by atoms with Crippen LogP contribution in [0.1, 0.15) is 51.9 Å². The number of hydrogen-bond acceptors (Lipinski definition) is 5. The Morgan fingerprint density at radius 2 is 1.86 bits per heavy atom. The van der Waals surface area contributed by atoms with Gasteiger partial charge in [-0.3, -0.25) is 9.59 Å². The zero-order valence-corrected chi connectivity index (χ0v) is 12.6. The molecule has 0 amide bonds. The number of aromatic nitrogens is 1. The van der Waals surface area contributed by atoms with Gasteiger partial charge in [0.25, 0.3) is 0 Å². The Labute approximate surface area is 122 Å². The van der Waals surface area contributed by atoms with Gasteiger partial charge in [0.15, 0.2) is 6.10 Å². The van der Waals surface area contributed by atoms with Crippen LogP contribution in [0, 0.1) is 19.8 Å². The fourth-order valence-electron chi connectivity index (χ4n) is 2.25. The van der Waals surface area contributed by atoms with Crippen LogP contribution in [-0.4, -0.2) is 35.9 Å². The van der Waals surface area contributed by atoms with E-state index in [9.17, 15) is 14.4 Å². The van der Waals surface area contributed by atoms with Gasteiger partial charge >= 0.3 is 11.9 Å². The normalized spacial score (nSPS) is 15.4. The van der Waals surface area contributed by atoms with Crippen LogP contribution in [0.25, 0.3) is 0 Å². The number of ketones is 1. The molecule has 0 aromatic carbocycles. The average molecular weight is 293 g/mol. The van der Waals surface area contributed by atoms with Gasteiger partial charge in [0.2, 0.25) is 5.78 Å². The van der Waals surface area contributed by atoms with E-state index in [0.717, 1.165) is 12.8 Å². The molecule has 114 valence electrons. The van der Waals surface area contributed by atoms with Crippen molar-refractivity contribution in [1.82, 2.24) is 4.98 Å². The van der Waals surface area contributed by atoms with Crippen LogP contribution in [0.5, 0.6) is 0 Å². The van der Waals surface area contributed by atoms with E-state index in [4.69, 9.17) is 9.47 Å². The zero-order valence-electron chi connectivity index (χ0n) is 12.6. The number of Topliss-reactive ketones (excluding diaryl/α,β-unsaturated/α-hetero) is 1. The minimum Gasteiger partial charge on any atom is -0.465 e. The molecule has 1 aromatic rings. The summed E-state index contributed by atoms with van der Waals surface area (Å²) in [6, 6.07) is 0. The van der Waals surface area contributed by atoms with Crippen LogP contribution in [0.2, 0.25) is 0 Å². The minimum absolute atomic E-state index is 0.0580. The summed E-state index contributed by atoms with van der Waals surface area (Å²) in [6.07, 6.45) is 0.778. The number of H-pyrrole nitrogens is 1. The molecule has 1 aromatic heterocycles. The molecule has 1 saturated carbocycles. The molecule has 1 aliphatic carbocycles. The molecule has 0 unspecified atom stereocenters. The highest BCUT2D eigenvalue weighted by molar-refractivity contribution is 6.04. The summed E-state index contributed by atoms with van der Waals surface area (Å²) in [6.45, 7) is 4.89. The summed E-state index contributed by atoms with van der Waals surface area (Å²) >= 11 is 0. The molecular formula is C15H19NO5. The molecule has 0 aliphatic heterocycles. The second kappa shape index (κ2) is 5.71. The Morgan fingerprint density at radius 1 is 1.24 bits per heavy atom. The lowest BCUT2D eigenvalue weighted by molar-refractivity contribution is -0.147. The zero-order chi connectivity index (χ0) is 15.7. The number of hydrogen-bond donors (Lipinski definition) is 1. The molecule has 6 heteroatoms. The predicted octanol–water partition coefficient (Wildman–Crippen LogP) is 1.94. The molecule has 6 nitrogen and oxygen atoms in total. The van der Waals surface area contributed by atoms with E-state index in [2.05, 4.69) is 4.98 Å². The summed E-state index contributed by atoms with van der Waals surface area (Å²) in [4.78, 5) is 38.5. The number of aromatic amines is 1. The maximum Gasteiger partial charge on any atom is 0.339 e. The number of esters is 2. The van der Waals surface area contributed by atoms with Crippen molar-refractivity contribution in [2.75, 3.05) is 7.11 Å². The molecule has 21 heavy (non-hydrogen) atoms. The van der Waals surface area contributed by atoms with E-state index in [1.54, 1.807) is 13.8 Å². The molecule has 0 bridgehead atoms. The monoisotopic (exact) mass is 293 g/mol. The van der Waals surface area contributed by atoms with Gasteiger partial charge in [-0.15, -0.1) is 0 Å². The fourth-order valence-corrected chi connectivity index (χ4v) is 2.25. The van der Waals surface area contributed by atoms with E-state index < -0.39 is 12.1 Å². The third-order valence-corrected chi connectivity index (χ3v) is 3.65. The van der Waals surface area contributed by atoms with Gasteiger partial charge in [0, 0.05) is 5.69 Å². The van der Waals surface area contributed by atoms with Crippen molar-refractivity contribution >= 4 is 17.7 Å². The second-order valence-corrected chi connectivity index (χ2v) is 5.33. The SMILES string of the molecule is COC(=O)c1c(C)[nH]c(C(=O)[C@H](C)OC(=O)C2CC2)c1C. The maximum atomic E-state index is 12.4. The van der Waals surface area contributed by atoms with Crippen molar-refractivity contribution < 1.29 is 23.9 Å². The largest absolute Gasteiger partial charge is 0.465 e. The van der Waals surface area contributed by atoms with Crippen LogP contribution in [0.15, 0.2) is 0 Å². The van der Waals surface area contributed by atoms with Crippen LogP contribution in [-0.2, 0) is 14.3 Å². The van der Waals surface area contributed by atoms with Crippen molar-refractivity contribution in [3.8, 4) is 0 Å². The molecule has 1 aliphatic rings. The van der Waals surface area contributed by atoms with E-state index in [0.29, 0.717) is 16.8 Å². The highest BCUT2D eigenvalue weighted by atomic mass is 16.5. The van der Waals surface area contributed by atoms with Crippen LogP contribution in [0.3, 0.4) is 0 Å². The van der Waals surface area contributed by atoms with Crippen molar-refractivity contribution in [3.63, 3.8) is 0 Å². The maximum absolute atomic E-state index is 12.4. The molecular weight excluding hydrogens is 274 g/mol. The molecule has 0 saturated heterocycles. The minimum atomic E-state index is -0.875. The van der Waals surface area contributed by atoms with Crippen molar-refractivity contribution in [1.29, 1.82) is 0 Å². The Balaban J connectivity index is 2.18. The molecule has 1 N–H and O–H groups in total. The summed E-state index contributed by atoms with van der Waals surface area (Å²) in [5.74, 6) is -1.23. The number of methoxy groups -OCH3 is 1. The third kappa shape index (κ3) is 2.99. The molecule has 2 rings (SSSR count). The Kier molecular flexibility index (Phi) is 4.16. The molecule has 1 fully saturated rings. The lowest BCUT2D eigenvalue weighted by atomic mass is 10.1. The van der Waals surface area contributed by atoms with Gasteiger partial charge in [0.1, 0.15) is 0 Å². The highest BCUT2D eigenvalue weighted by Gasteiger charge is 2.34. The van der Waals surface area contributed by atoms with Crippen molar-refractivity contribution in [3.05, 3.63) is 22.5 Å². The number of rotatable bonds is 5. The fraction of sp³-hybridized carbons (Fsp3) is 0.533. The molecule has 1 heterocycles. The standard InChI is InChI=1S/C15H19NO5/c1-7-11(15(19)20-4)8(2)16-12(7)13(17)9(3)21-14(18)10-5-6-10/h9-10,16H,5-6H2,1-4H3/t9-/m0/s1. The number of aryl methyl sites for hydroxylation is 1. The molecule has 1 atom stereocenters. The van der Waals surface area contributed by atoms with Crippen LogP contribution >= 0.6 is 0 Å². The van der Waals surface area contributed by atoms with Crippen molar-refractivity contribution in [2.24, 2.45) is 5.92 Å². The van der Waals surface area contributed by atoms with E-state index >= 15 is 0 Å². The number of carbonyl (C=O) groups is 3. The lowest BCUT2D eigenvalue weighted by Gasteiger charge is -2.11. The second-order valence-electron chi connectivity index (χ2n) is 5.33. The van der Waals surface area contributed by atoms with Crippen LogP contribution in [0.4, 0.5) is 0 Å². The number of nitrogens with one attached hydrogen (secondary N) is 1. The van der Waals surface area contributed by atoms with E-state index in [-0.39, 0.29) is 23.4 Å². The molecule has 0 radical (unpaired) electrons. The first kappa shape index (κ1) is 15.3.